The predicted molar refractivity (Wildman–Crippen MR) is 116 cm³/mol. The number of benzene rings is 2. The molecule has 2 amide bonds. The number of anilines is 1. The zero-order valence-electron chi connectivity index (χ0n) is 17.2. The molecule has 7 nitrogen and oxygen atoms in total. The average Bonchev–Trinajstić information content (AvgIpc) is 3.30. The van der Waals surface area contributed by atoms with Crippen LogP contribution in [0.4, 0.5) is 14.5 Å². The number of nitrogens with zero attached hydrogens (tertiary/aromatic N) is 3. The van der Waals surface area contributed by atoms with Crippen molar-refractivity contribution in [3.63, 3.8) is 0 Å². The molecule has 4 rings (SSSR count). The van der Waals surface area contributed by atoms with Crippen molar-refractivity contribution in [3.8, 4) is 0 Å². The minimum Gasteiger partial charge on any atom is -0.394 e. The number of likely N-dealkylation sites (tertiary alicyclic amines) is 1. The standard InChI is InChI=1S/C22H21ClF2N4O3/c1-28-21(15-4-2-3-5-18(15)27-28)22(32)26-19-9-17(25)12(6-16(19)23)7-20(31)29-10-13(24)8-14(29)11-30/h2-6,9,13-14,30H,7-8,10-11H2,1H3,(H,26,32)/t13-,14-/m0/s1. The topological polar surface area (TPSA) is 87.5 Å². The van der Waals surface area contributed by atoms with Gasteiger partial charge >= 0.3 is 0 Å². The van der Waals surface area contributed by atoms with Crippen molar-refractivity contribution < 1.29 is 23.5 Å². The molecule has 1 fully saturated rings. The van der Waals surface area contributed by atoms with Crippen molar-refractivity contribution in [1.82, 2.24) is 14.7 Å². The smallest absolute Gasteiger partial charge is 0.274 e. The highest BCUT2D eigenvalue weighted by Crippen LogP contribution is 2.29. The van der Waals surface area contributed by atoms with E-state index >= 15 is 0 Å². The zero-order chi connectivity index (χ0) is 23.0. The molecular weight excluding hydrogens is 442 g/mol. The second kappa shape index (κ2) is 8.84. The van der Waals surface area contributed by atoms with E-state index in [0.29, 0.717) is 16.6 Å². The van der Waals surface area contributed by atoms with E-state index in [0.717, 1.165) is 6.07 Å². The van der Waals surface area contributed by atoms with Crippen molar-refractivity contribution in [2.24, 2.45) is 7.05 Å². The van der Waals surface area contributed by atoms with Crippen LogP contribution < -0.4 is 5.32 Å². The van der Waals surface area contributed by atoms with Gasteiger partial charge in [-0.1, -0.05) is 29.8 Å². The Hall–Kier alpha value is -3.04. The number of fused-ring (bicyclic) bond motifs is 1. The van der Waals surface area contributed by atoms with Crippen molar-refractivity contribution in [3.05, 3.63) is 58.5 Å². The Kier molecular flexibility index (Phi) is 6.12. The summed E-state index contributed by atoms with van der Waals surface area (Å²) in [4.78, 5) is 26.6. The molecule has 168 valence electrons. The summed E-state index contributed by atoms with van der Waals surface area (Å²) in [6.45, 7) is -0.491. The lowest BCUT2D eigenvalue weighted by molar-refractivity contribution is -0.132. The largest absolute Gasteiger partial charge is 0.394 e. The van der Waals surface area contributed by atoms with Crippen LogP contribution in [0.1, 0.15) is 22.5 Å². The average molecular weight is 463 g/mol. The van der Waals surface area contributed by atoms with Crippen molar-refractivity contribution in [2.45, 2.75) is 25.1 Å². The molecule has 0 bridgehead atoms. The Bertz CT molecular complexity index is 1200. The summed E-state index contributed by atoms with van der Waals surface area (Å²) in [5.41, 5.74) is 1.00. The van der Waals surface area contributed by atoms with Gasteiger partial charge in [-0.2, -0.15) is 5.10 Å². The van der Waals surface area contributed by atoms with Gasteiger partial charge in [0.25, 0.3) is 5.91 Å². The quantitative estimate of drug-likeness (QED) is 0.610. The molecule has 0 unspecified atom stereocenters. The molecule has 0 saturated carbocycles. The van der Waals surface area contributed by atoms with Gasteiger partial charge < -0.3 is 15.3 Å². The molecule has 10 heteroatoms. The number of amides is 2. The monoisotopic (exact) mass is 462 g/mol. The molecule has 2 atom stereocenters. The second-order valence-electron chi connectivity index (χ2n) is 7.76. The number of aromatic nitrogens is 2. The lowest BCUT2D eigenvalue weighted by Gasteiger charge is -2.23. The number of hydrogen-bond donors (Lipinski definition) is 2. The predicted octanol–water partition coefficient (Wildman–Crippen LogP) is 3.09. The summed E-state index contributed by atoms with van der Waals surface area (Å²) in [6.07, 6.45) is -1.50. The van der Waals surface area contributed by atoms with E-state index in [1.807, 2.05) is 6.07 Å². The summed E-state index contributed by atoms with van der Waals surface area (Å²) < 4.78 is 29.8. The van der Waals surface area contributed by atoms with Crippen LogP contribution in [0.3, 0.4) is 0 Å². The summed E-state index contributed by atoms with van der Waals surface area (Å²) in [5, 5.41) is 16.9. The van der Waals surface area contributed by atoms with Gasteiger partial charge in [0.05, 0.1) is 41.8 Å². The molecule has 1 aliphatic heterocycles. The van der Waals surface area contributed by atoms with E-state index < -0.39 is 29.8 Å². The molecule has 0 spiro atoms. The Morgan fingerprint density at radius 1 is 1.31 bits per heavy atom. The highest BCUT2D eigenvalue weighted by atomic mass is 35.5. The second-order valence-corrected chi connectivity index (χ2v) is 8.17. The molecule has 3 aromatic rings. The van der Waals surface area contributed by atoms with Crippen LogP contribution >= 0.6 is 11.6 Å². The van der Waals surface area contributed by atoms with E-state index in [1.165, 1.54) is 15.6 Å². The van der Waals surface area contributed by atoms with Crippen molar-refractivity contribution >= 4 is 40.0 Å². The van der Waals surface area contributed by atoms with Crippen LogP contribution in [0, 0.1) is 5.82 Å². The Morgan fingerprint density at radius 3 is 2.81 bits per heavy atom. The maximum atomic E-state index is 14.7. The summed E-state index contributed by atoms with van der Waals surface area (Å²) in [6, 6.07) is 8.82. The fourth-order valence-corrected chi connectivity index (χ4v) is 4.25. The van der Waals surface area contributed by atoms with E-state index in [2.05, 4.69) is 10.4 Å². The molecule has 0 radical (unpaired) electrons. The fraction of sp³-hybridized carbons (Fsp3) is 0.318. The van der Waals surface area contributed by atoms with Gasteiger partial charge in [-0.05, 0) is 23.8 Å². The number of rotatable bonds is 5. The highest BCUT2D eigenvalue weighted by molar-refractivity contribution is 6.34. The van der Waals surface area contributed by atoms with Gasteiger partial charge in [-0.25, -0.2) is 8.78 Å². The van der Waals surface area contributed by atoms with Gasteiger partial charge in [0, 0.05) is 18.9 Å². The van der Waals surface area contributed by atoms with Gasteiger partial charge in [0.1, 0.15) is 17.7 Å². The number of nitrogens with one attached hydrogen (secondary N) is 1. The number of aryl methyl sites for hydroxylation is 1. The van der Waals surface area contributed by atoms with E-state index in [4.69, 9.17) is 11.6 Å². The Labute approximate surface area is 187 Å². The van der Waals surface area contributed by atoms with Gasteiger partial charge in [-0.3, -0.25) is 14.3 Å². The number of aliphatic hydroxyl groups is 1. The number of aliphatic hydroxyl groups excluding tert-OH is 1. The third-order valence-corrected chi connectivity index (χ3v) is 5.89. The first-order valence-electron chi connectivity index (χ1n) is 10.0. The van der Waals surface area contributed by atoms with Crippen LogP contribution in [0.25, 0.3) is 10.9 Å². The van der Waals surface area contributed by atoms with Gasteiger partial charge in [-0.15, -0.1) is 0 Å². The number of carbonyl (C=O) groups is 2. The summed E-state index contributed by atoms with van der Waals surface area (Å²) >= 11 is 6.26. The SMILES string of the molecule is Cn1nc2ccccc2c1C(=O)Nc1cc(F)c(CC(=O)N2C[C@@H](F)C[C@H]2CO)cc1Cl. The normalized spacial score (nSPS) is 18.3. The number of halogens is 3. The summed E-state index contributed by atoms with van der Waals surface area (Å²) in [7, 11) is 1.63. The van der Waals surface area contributed by atoms with Crippen molar-refractivity contribution in [2.75, 3.05) is 18.5 Å². The molecule has 1 aromatic heterocycles. The number of alkyl halides is 1. The molecule has 1 aliphatic rings. The lowest BCUT2D eigenvalue weighted by Crippen LogP contribution is -2.38. The molecular formula is C22H21ClF2N4O3. The Morgan fingerprint density at radius 2 is 2.06 bits per heavy atom. The minimum absolute atomic E-state index is 0.0166. The number of carbonyl (C=O) groups excluding carboxylic acids is 2. The molecule has 0 aliphatic carbocycles. The van der Waals surface area contributed by atoms with Crippen LogP contribution in [-0.4, -0.2) is 57.0 Å². The highest BCUT2D eigenvalue weighted by Gasteiger charge is 2.35. The van der Waals surface area contributed by atoms with Crippen LogP contribution in [-0.2, 0) is 18.3 Å². The van der Waals surface area contributed by atoms with Crippen LogP contribution in [0.2, 0.25) is 5.02 Å². The molecule has 2 heterocycles. The maximum Gasteiger partial charge on any atom is 0.274 e. The van der Waals surface area contributed by atoms with Crippen LogP contribution in [0.15, 0.2) is 36.4 Å². The number of hydrogen-bond acceptors (Lipinski definition) is 4. The summed E-state index contributed by atoms with van der Waals surface area (Å²) in [5.74, 6) is -1.75. The molecule has 2 N–H and O–H groups in total. The van der Waals surface area contributed by atoms with Crippen LogP contribution in [0.5, 0.6) is 0 Å². The molecule has 1 saturated heterocycles. The Balaban J connectivity index is 1.53. The van der Waals surface area contributed by atoms with Crippen molar-refractivity contribution in [1.29, 1.82) is 0 Å². The zero-order valence-corrected chi connectivity index (χ0v) is 17.9. The first kappa shape index (κ1) is 22.2. The third kappa shape index (κ3) is 4.18. The lowest BCUT2D eigenvalue weighted by atomic mass is 10.1. The van der Waals surface area contributed by atoms with Gasteiger partial charge in [0.2, 0.25) is 5.91 Å². The fourth-order valence-electron chi connectivity index (χ4n) is 4.02. The molecule has 32 heavy (non-hydrogen) atoms. The van der Waals surface area contributed by atoms with E-state index in [1.54, 1.807) is 25.2 Å². The first-order valence-corrected chi connectivity index (χ1v) is 10.4. The minimum atomic E-state index is -1.22. The maximum absolute atomic E-state index is 14.7. The molecule has 2 aromatic carbocycles. The third-order valence-electron chi connectivity index (χ3n) is 5.58. The van der Waals surface area contributed by atoms with E-state index in [-0.39, 0.29) is 42.3 Å². The first-order chi connectivity index (χ1) is 15.3. The van der Waals surface area contributed by atoms with E-state index in [9.17, 15) is 23.5 Å². The van der Waals surface area contributed by atoms with Gasteiger partial charge in [0.15, 0.2) is 0 Å².